The van der Waals surface area contributed by atoms with Gasteiger partial charge < -0.3 is 0 Å². The van der Waals surface area contributed by atoms with Gasteiger partial charge in [-0.05, 0) is 55.1 Å². The predicted molar refractivity (Wildman–Crippen MR) is 87.9 cm³/mol. The number of benzene rings is 2. The maximum atomic E-state index is 12.8. The van der Waals surface area contributed by atoms with Crippen LogP contribution in [-0.2, 0) is 0 Å². The number of likely N-dealkylation sites (tertiary alicyclic amines) is 1. The molecule has 1 heterocycles. The van der Waals surface area contributed by atoms with Crippen LogP contribution in [0.25, 0.3) is 10.8 Å². The zero-order chi connectivity index (χ0) is 14.8. The molecule has 0 aromatic heterocycles. The Bertz CT molecular complexity index is 654. The Labute approximate surface area is 126 Å². The molecule has 1 aliphatic rings. The van der Waals surface area contributed by atoms with E-state index >= 15 is 0 Å². The van der Waals surface area contributed by atoms with Gasteiger partial charge in [0.05, 0.1) is 6.54 Å². The lowest BCUT2D eigenvalue weighted by Crippen LogP contribution is -2.37. The largest absolute Gasteiger partial charge is 0.296 e. The van der Waals surface area contributed by atoms with Crippen LogP contribution in [0.4, 0.5) is 0 Å². The van der Waals surface area contributed by atoms with Crippen LogP contribution in [0.3, 0.4) is 0 Å². The summed E-state index contributed by atoms with van der Waals surface area (Å²) in [6, 6.07) is 12.3. The number of nitrogens with zero attached hydrogens (tertiary/aromatic N) is 1. The number of fused-ring (bicyclic) bond motifs is 1. The fourth-order valence-corrected chi connectivity index (χ4v) is 3.25. The van der Waals surface area contributed by atoms with E-state index in [4.69, 9.17) is 0 Å². The molecular formula is C19H23NO. The monoisotopic (exact) mass is 281 g/mol. The number of hydrogen-bond acceptors (Lipinski definition) is 2. The number of carbonyl (C=O) groups is 1. The van der Waals surface area contributed by atoms with E-state index in [2.05, 4.69) is 36.1 Å². The van der Waals surface area contributed by atoms with E-state index in [0.717, 1.165) is 40.9 Å². The highest BCUT2D eigenvalue weighted by Crippen LogP contribution is 2.24. The third kappa shape index (κ3) is 3.01. The Balaban J connectivity index is 1.86. The van der Waals surface area contributed by atoms with Gasteiger partial charge in [-0.15, -0.1) is 0 Å². The van der Waals surface area contributed by atoms with Crippen molar-refractivity contribution in [1.29, 1.82) is 0 Å². The smallest absolute Gasteiger partial charge is 0.177 e. The number of aryl methyl sites for hydroxylation is 1. The molecular weight excluding hydrogens is 258 g/mol. The molecule has 0 amide bonds. The molecule has 1 aliphatic heterocycles. The molecule has 0 saturated carbocycles. The normalized spacial score (nSPS) is 17.2. The summed E-state index contributed by atoms with van der Waals surface area (Å²) in [5.41, 5.74) is 2.00. The van der Waals surface area contributed by atoms with Crippen LogP contribution in [0.15, 0.2) is 36.4 Å². The molecule has 0 unspecified atom stereocenters. The van der Waals surface area contributed by atoms with Crippen molar-refractivity contribution in [2.75, 3.05) is 19.6 Å². The Hall–Kier alpha value is -1.67. The number of ketones is 1. The maximum absolute atomic E-state index is 12.8. The van der Waals surface area contributed by atoms with Gasteiger partial charge in [0.15, 0.2) is 5.78 Å². The van der Waals surface area contributed by atoms with Crippen LogP contribution in [0.2, 0.25) is 0 Å². The quantitative estimate of drug-likeness (QED) is 0.791. The second-order valence-corrected chi connectivity index (χ2v) is 6.36. The number of piperidine rings is 1. The first-order chi connectivity index (χ1) is 10.1. The number of carbonyl (C=O) groups excluding carboxylic acids is 1. The van der Waals surface area contributed by atoms with Gasteiger partial charge in [-0.1, -0.05) is 43.3 Å². The lowest BCUT2D eigenvalue weighted by Gasteiger charge is -2.29. The van der Waals surface area contributed by atoms with Crippen molar-refractivity contribution in [3.05, 3.63) is 47.5 Å². The highest BCUT2D eigenvalue weighted by atomic mass is 16.1. The van der Waals surface area contributed by atoms with Crippen LogP contribution < -0.4 is 0 Å². The molecule has 0 bridgehead atoms. The van der Waals surface area contributed by atoms with E-state index in [9.17, 15) is 4.79 Å². The predicted octanol–water partition coefficient (Wildman–Crippen LogP) is 4.06. The van der Waals surface area contributed by atoms with Crippen molar-refractivity contribution in [3.63, 3.8) is 0 Å². The minimum Gasteiger partial charge on any atom is -0.296 e. The SMILES string of the molecule is Cc1ccc2ccccc2c1C(=O)CN1CCC(C)CC1. The van der Waals surface area contributed by atoms with Gasteiger partial charge in [0.2, 0.25) is 0 Å². The van der Waals surface area contributed by atoms with E-state index in [1.165, 1.54) is 12.8 Å². The van der Waals surface area contributed by atoms with Crippen molar-refractivity contribution in [3.8, 4) is 0 Å². The molecule has 3 rings (SSSR count). The van der Waals surface area contributed by atoms with Crippen LogP contribution in [0.1, 0.15) is 35.7 Å². The van der Waals surface area contributed by atoms with Crippen LogP contribution >= 0.6 is 0 Å². The van der Waals surface area contributed by atoms with Crippen LogP contribution in [0, 0.1) is 12.8 Å². The molecule has 2 aromatic carbocycles. The van der Waals surface area contributed by atoms with Crippen molar-refractivity contribution < 1.29 is 4.79 Å². The van der Waals surface area contributed by atoms with Gasteiger partial charge in [0.25, 0.3) is 0 Å². The maximum Gasteiger partial charge on any atom is 0.177 e. The Morgan fingerprint density at radius 1 is 1.14 bits per heavy atom. The lowest BCUT2D eigenvalue weighted by molar-refractivity contribution is 0.0901. The third-order valence-corrected chi connectivity index (χ3v) is 4.66. The first kappa shape index (κ1) is 14.3. The fraction of sp³-hybridized carbons (Fsp3) is 0.421. The zero-order valence-corrected chi connectivity index (χ0v) is 12.9. The number of rotatable bonds is 3. The summed E-state index contributed by atoms with van der Waals surface area (Å²) in [6.07, 6.45) is 2.42. The van der Waals surface area contributed by atoms with Crippen molar-refractivity contribution in [1.82, 2.24) is 4.90 Å². The molecule has 0 radical (unpaired) electrons. The average Bonchev–Trinajstić information content (AvgIpc) is 2.49. The molecule has 2 nitrogen and oxygen atoms in total. The lowest BCUT2D eigenvalue weighted by atomic mass is 9.95. The summed E-state index contributed by atoms with van der Waals surface area (Å²) < 4.78 is 0. The Kier molecular flexibility index (Phi) is 4.07. The van der Waals surface area contributed by atoms with Crippen molar-refractivity contribution >= 4 is 16.6 Å². The summed E-state index contributed by atoms with van der Waals surface area (Å²) >= 11 is 0. The summed E-state index contributed by atoms with van der Waals surface area (Å²) in [7, 11) is 0. The topological polar surface area (TPSA) is 20.3 Å². The third-order valence-electron chi connectivity index (χ3n) is 4.66. The van der Waals surface area contributed by atoms with Gasteiger partial charge in [0.1, 0.15) is 0 Å². The Morgan fingerprint density at radius 2 is 1.86 bits per heavy atom. The molecule has 110 valence electrons. The molecule has 0 aliphatic carbocycles. The van der Waals surface area contributed by atoms with E-state index in [1.54, 1.807) is 0 Å². The first-order valence-corrected chi connectivity index (χ1v) is 7.89. The fourth-order valence-electron chi connectivity index (χ4n) is 3.25. The minimum absolute atomic E-state index is 0.263. The van der Waals surface area contributed by atoms with E-state index in [-0.39, 0.29) is 5.78 Å². The van der Waals surface area contributed by atoms with Crippen molar-refractivity contribution in [2.45, 2.75) is 26.7 Å². The molecule has 2 aromatic rings. The molecule has 1 fully saturated rings. The van der Waals surface area contributed by atoms with Crippen LogP contribution in [0.5, 0.6) is 0 Å². The van der Waals surface area contributed by atoms with Gasteiger partial charge >= 0.3 is 0 Å². The molecule has 0 spiro atoms. The molecule has 0 atom stereocenters. The second-order valence-electron chi connectivity index (χ2n) is 6.36. The van der Waals surface area contributed by atoms with Gasteiger partial charge in [0, 0.05) is 5.56 Å². The van der Waals surface area contributed by atoms with Crippen molar-refractivity contribution in [2.24, 2.45) is 5.92 Å². The summed E-state index contributed by atoms with van der Waals surface area (Å²) in [5, 5.41) is 2.24. The van der Waals surface area contributed by atoms with E-state index in [0.29, 0.717) is 6.54 Å². The average molecular weight is 281 g/mol. The zero-order valence-electron chi connectivity index (χ0n) is 12.9. The highest BCUT2D eigenvalue weighted by molar-refractivity contribution is 6.10. The molecule has 1 saturated heterocycles. The molecule has 0 N–H and O–H groups in total. The Morgan fingerprint density at radius 3 is 2.62 bits per heavy atom. The van der Waals surface area contributed by atoms with Crippen LogP contribution in [-0.4, -0.2) is 30.3 Å². The standard InChI is InChI=1S/C19H23NO/c1-14-9-11-20(12-10-14)13-18(21)19-15(2)7-8-16-5-3-4-6-17(16)19/h3-8,14H,9-13H2,1-2H3. The highest BCUT2D eigenvalue weighted by Gasteiger charge is 2.20. The van der Waals surface area contributed by atoms with E-state index < -0.39 is 0 Å². The van der Waals surface area contributed by atoms with Gasteiger partial charge in [-0.3, -0.25) is 9.69 Å². The second kappa shape index (κ2) is 5.98. The summed E-state index contributed by atoms with van der Waals surface area (Å²) in [5.74, 6) is 1.06. The molecule has 21 heavy (non-hydrogen) atoms. The summed E-state index contributed by atoms with van der Waals surface area (Å²) in [4.78, 5) is 15.1. The minimum atomic E-state index is 0.263. The first-order valence-electron chi connectivity index (χ1n) is 7.89. The van der Waals surface area contributed by atoms with Gasteiger partial charge in [-0.2, -0.15) is 0 Å². The molecule has 2 heteroatoms. The summed E-state index contributed by atoms with van der Waals surface area (Å²) in [6.45, 7) is 7.00. The van der Waals surface area contributed by atoms with Gasteiger partial charge in [-0.25, -0.2) is 0 Å². The number of Topliss-reactive ketones (excluding diaryl/α,β-unsaturated/α-hetero) is 1. The number of hydrogen-bond donors (Lipinski definition) is 0. The van der Waals surface area contributed by atoms with E-state index in [1.807, 2.05) is 19.1 Å².